The number of carbonyl (C=O) groups is 1. The molecule has 126 valence electrons. The number of hydrogen-bond donors (Lipinski definition) is 1. The number of ether oxygens (including phenoxy) is 2. The van der Waals surface area contributed by atoms with Crippen molar-refractivity contribution in [3.05, 3.63) is 72.3 Å². The van der Waals surface area contributed by atoms with Gasteiger partial charge in [-0.05, 0) is 29.0 Å². The van der Waals surface area contributed by atoms with E-state index in [0.29, 0.717) is 18.9 Å². The topological polar surface area (TPSA) is 47.6 Å². The molecule has 0 saturated heterocycles. The second kappa shape index (κ2) is 6.85. The zero-order valence-electron chi connectivity index (χ0n) is 13.8. The highest BCUT2D eigenvalue weighted by atomic mass is 16.5. The summed E-state index contributed by atoms with van der Waals surface area (Å²) in [6.07, 6.45) is 0. The summed E-state index contributed by atoms with van der Waals surface area (Å²) < 4.78 is 11.2. The first kappa shape index (κ1) is 15.5. The van der Waals surface area contributed by atoms with Crippen molar-refractivity contribution in [3.8, 4) is 11.5 Å². The van der Waals surface area contributed by atoms with Crippen LogP contribution in [-0.2, 0) is 4.79 Å². The highest BCUT2D eigenvalue weighted by Crippen LogP contribution is 2.32. The van der Waals surface area contributed by atoms with Crippen LogP contribution in [0.3, 0.4) is 0 Å². The fourth-order valence-corrected chi connectivity index (χ4v) is 3.09. The van der Waals surface area contributed by atoms with Crippen LogP contribution in [0.1, 0.15) is 11.5 Å². The van der Waals surface area contributed by atoms with Crippen LogP contribution in [0.5, 0.6) is 11.5 Å². The molecule has 0 aromatic heterocycles. The third-order valence-corrected chi connectivity index (χ3v) is 4.44. The average molecular weight is 333 g/mol. The second-order valence-electron chi connectivity index (χ2n) is 6.15. The Morgan fingerprint density at radius 2 is 1.84 bits per heavy atom. The number of para-hydroxylation sites is 1. The molecule has 0 aliphatic carbocycles. The van der Waals surface area contributed by atoms with Crippen molar-refractivity contribution in [1.29, 1.82) is 0 Å². The summed E-state index contributed by atoms with van der Waals surface area (Å²) in [5.74, 6) is 1.68. The SMILES string of the molecule is O=C(COc1ccc2ccccc2c1)NCC1COc2ccccc21. The maximum atomic E-state index is 12.1. The van der Waals surface area contributed by atoms with Crippen LogP contribution >= 0.6 is 0 Å². The maximum absolute atomic E-state index is 12.1. The van der Waals surface area contributed by atoms with Crippen LogP contribution in [0.25, 0.3) is 10.8 Å². The molecule has 4 heteroatoms. The average Bonchev–Trinajstić information content (AvgIpc) is 3.08. The predicted octanol–water partition coefficient (Wildman–Crippen LogP) is 3.51. The number of nitrogens with one attached hydrogen (secondary N) is 1. The predicted molar refractivity (Wildman–Crippen MR) is 97.1 cm³/mol. The van der Waals surface area contributed by atoms with E-state index in [1.807, 2.05) is 66.7 Å². The Morgan fingerprint density at radius 1 is 1.04 bits per heavy atom. The molecule has 1 unspecified atom stereocenters. The molecule has 1 atom stereocenters. The van der Waals surface area contributed by atoms with Gasteiger partial charge in [0.15, 0.2) is 6.61 Å². The molecule has 1 amide bonds. The molecule has 1 aliphatic heterocycles. The summed E-state index contributed by atoms with van der Waals surface area (Å²) in [5, 5.41) is 5.18. The van der Waals surface area contributed by atoms with Crippen molar-refractivity contribution < 1.29 is 14.3 Å². The molecule has 4 rings (SSSR count). The minimum Gasteiger partial charge on any atom is -0.493 e. The number of carbonyl (C=O) groups excluding carboxylic acids is 1. The van der Waals surface area contributed by atoms with E-state index in [4.69, 9.17) is 9.47 Å². The van der Waals surface area contributed by atoms with Crippen LogP contribution in [0.15, 0.2) is 66.7 Å². The van der Waals surface area contributed by atoms with Gasteiger partial charge in [0, 0.05) is 18.0 Å². The molecular formula is C21H19NO3. The molecule has 1 aliphatic rings. The number of fused-ring (bicyclic) bond motifs is 2. The van der Waals surface area contributed by atoms with Gasteiger partial charge in [-0.2, -0.15) is 0 Å². The minimum absolute atomic E-state index is 0.00750. The Hall–Kier alpha value is -3.01. The summed E-state index contributed by atoms with van der Waals surface area (Å²) in [5.41, 5.74) is 1.15. The molecule has 25 heavy (non-hydrogen) atoms. The molecule has 1 N–H and O–H groups in total. The Bertz CT molecular complexity index is 906. The first-order valence-electron chi connectivity index (χ1n) is 8.39. The smallest absolute Gasteiger partial charge is 0.257 e. The molecule has 3 aromatic carbocycles. The van der Waals surface area contributed by atoms with Gasteiger partial charge in [0.25, 0.3) is 5.91 Å². The van der Waals surface area contributed by atoms with Crippen LogP contribution in [-0.4, -0.2) is 25.7 Å². The first-order valence-corrected chi connectivity index (χ1v) is 8.39. The molecule has 1 heterocycles. The van der Waals surface area contributed by atoms with E-state index in [1.165, 1.54) is 0 Å². The number of benzene rings is 3. The lowest BCUT2D eigenvalue weighted by atomic mass is 10.0. The lowest BCUT2D eigenvalue weighted by Gasteiger charge is -2.11. The molecule has 0 fully saturated rings. The summed E-state index contributed by atoms with van der Waals surface area (Å²) >= 11 is 0. The van der Waals surface area contributed by atoms with Crippen molar-refractivity contribution in [1.82, 2.24) is 5.32 Å². The van der Waals surface area contributed by atoms with Crippen LogP contribution in [0, 0.1) is 0 Å². The summed E-state index contributed by atoms with van der Waals surface area (Å²) in [7, 11) is 0. The number of hydrogen-bond acceptors (Lipinski definition) is 3. The van der Waals surface area contributed by atoms with E-state index in [1.54, 1.807) is 0 Å². The molecule has 3 aromatic rings. The Kier molecular flexibility index (Phi) is 4.25. The third kappa shape index (κ3) is 3.43. The highest BCUT2D eigenvalue weighted by molar-refractivity contribution is 5.84. The van der Waals surface area contributed by atoms with E-state index in [-0.39, 0.29) is 18.4 Å². The van der Waals surface area contributed by atoms with Crippen molar-refractivity contribution in [2.45, 2.75) is 5.92 Å². The van der Waals surface area contributed by atoms with Gasteiger partial charge >= 0.3 is 0 Å². The molecule has 0 saturated carbocycles. The second-order valence-corrected chi connectivity index (χ2v) is 6.15. The fraction of sp³-hybridized carbons (Fsp3) is 0.190. The summed E-state index contributed by atoms with van der Waals surface area (Å²) in [6.45, 7) is 1.16. The maximum Gasteiger partial charge on any atom is 0.257 e. The van der Waals surface area contributed by atoms with Gasteiger partial charge in [-0.25, -0.2) is 0 Å². The van der Waals surface area contributed by atoms with E-state index >= 15 is 0 Å². The van der Waals surface area contributed by atoms with Gasteiger partial charge in [-0.3, -0.25) is 4.79 Å². The van der Waals surface area contributed by atoms with Gasteiger partial charge in [0.05, 0.1) is 6.61 Å². The van der Waals surface area contributed by atoms with Gasteiger partial charge in [0.2, 0.25) is 0 Å². The molecule has 0 spiro atoms. The normalized spacial score (nSPS) is 15.4. The zero-order chi connectivity index (χ0) is 17.1. The van der Waals surface area contributed by atoms with Gasteiger partial charge < -0.3 is 14.8 Å². The molecule has 0 radical (unpaired) electrons. The lowest BCUT2D eigenvalue weighted by molar-refractivity contribution is -0.123. The molecular weight excluding hydrogens is 314 g/mol. The van der Waals surface area contributed by atoms with Gasteiger partial charge in [-0.1, -0.05) is 48.5 Å². The van der Waals surface area contributed by atoms with Crippen molar-refractivity contribution in [2.24, 2.45) is 0 Å². The number of amides is 1. The van der Waals surface area contributed by atoms with Crippen molar-refractivity contribution >= 4 is 16.7 Å². The van der Waals surface area contributed by atoms with E-state index in [9.17, 15) is 4.79 Å². The minimum atomic E-state index is -0.127. The Balaban J connectivity index is 1.30. The van der Waals surface area contributed by atoms with E-state index < -0.39 is 0 Å². The van der Waals surface area contributed by atoms with E-state index in [2.05, 4.69) is 5.32 Å². The Labute approximate surface area is 146 Å². The lowest BCUT2D eigenvalue weighted by Crippen LogP contribution is -2.32. The molecule has 4 nitrogen and oxygen atoms in total. The van der Waals surface area contributed by atoms with Crippen LogP contribution in [0.2, 0.25) is 0 Å². The van der Waals surface area contributed by atoms with Crippen molar-refractivity contribution in [2.75, 3.05) is 19.8 Å². The van der Waals surface area contributed by atoms with Crippen molar-refractivity contribution in [3.63, 3.8) is 0 Å². The first-order chi connectivity index (χ1) is 12.3. The van der Waals surface area contributed by atoms with Gasteiger partial charge in [0.1, 0.15) is 11.5 Å². The number of rotatable bonds is 5. The van der Waals surface area contributed by atoms with E-state index in [0.717, 1.165) is 22.1 Å². The largest absolute Gasteiger partial charge is 0.493 e. The monoisotopic (exact) mass is 333 g/mol. The van der Waals surface area contributed by atoms with Gasteiger partial charge in [-0.15, -0.1) is 0 Å². The third-order valence-electron chi connectivity index (χ3n) is 4.44. The fourth-order valence-electron chi connectivity index (χ4n) is 3.09. The summed E-state index contributed by atoms with van der Waals surface area (Å²) in [4.78, 5) is 12.1. The Morgan fingerprint density at radius 3 is 2.76 bits per heavy atom. The standard InChI is InChI=1S/C21H19NO3/c23-21(22-12-17-13-25-20-8-4-3-7-19(17)20)14-24-18-10-9-15-5-1-2-6-16(15)11-18/h1-11,17H,12-14H2,(H,22,23). The zero-order valence-corrected chi connectivity index (χ0v) is 13.8. The molecule has 0 bridgehead atoms. The van der Waals surface area contributed by atoms with Crippen LogP contribution in [0.4, 0.5) is 0 Å². The van der Waals surface area contributed by atoms with Crippen LogP contribution < -0.4 is 14.8 Å². The highest BCUT2D eigenvalue weighted by Gasteiger charge is 2.23. The summed E-state index contributed by atoms with van der Waals surface area (Å²) in [6, 6.07) is 21.8. The quantitative estimate of drug-likeness (QED) is 0.777.